The van der Waals surface area contributed by atoms with Gasteiger partial charge >= 0.3 is 0 Å². The molecule has 2 aromatic carbocycles. The first kappa shape index (κ1) is 20.3. The number of sulfonamides is 1. The maximum atomic E-state index is 13.1. The Balaban J connectivity index is 1.45. The van der Waals surface area contributed by atoms with E-state index in [1.54, 1.807) is 18.2 Å². The number of amides is 1. The van der Waals surface area contributed by atoms with Crippen LogP contribution >= 0.6 is 11.8 Å². The van der Waals surface area contributed by atoms with Crippen LogP contribution in [0.2, 0.25) is 0 Å². The highest BCUT2D eigenvalue weighted by atomic mass is 32.2. The van der Waals surface area contributed by atoms with Crippen LogP contribution in [0.1, 0.15) is 25.7 Å². The number of thioether (sulfide) groups is 1. The predicted molar refractivity (Wildman–Crippen MR) is 122 cm³/mol. The van der Waals surface area contributed by atoms with E-state index in [1.165, 1.54) is 27.0 Å². The van der Waals surface area contributed by atoms with E-state index in [-0.39, 0.29) is 23.1 Å². The first-order valence-electron chi connectivity index (χ1n) is 10.2. The van der Waals surface area contributed by atoms with E-state index in [2.05, 4.69) is 5.32 Å². The first-order chi connectivity index (χ1) is 14.9. The highest BCUT2D eigenvalue weighted by Crippen LogP contribution is 2.44. The number of nitrogens with zero attached hydrogens (tertiary/aromatic N) is 2. The first-order valence-corrected chi connectivity index (χ1v) is 12.5. The van der Waals surface area contributed by atoms with Crippen LogP contribution in [0, 0.1) is 5.41 Å². The van der Waals surface area contributed by atoms with Crippen molar-refractivity contribution in [2.75, 3.05) is 23.3 Å². The molecule has 0 unspecified atom stereocenters. The average Bonchev–Trinajstić information content (AvgIpc) is 3.34. The molecule has 3 aliphatic rings. The minimum Gasteiger partial charge on any atom is -0.349 e. The molecule has 5 rings (SSSR count). The third-order valence-electron chi connectivity index (χ3n) is 5.74. The van der Waals surface area contributed by atoms with E-state index >= 15 is 0 Å². The molecule has 0 radical (unpaired) electrons. The summed E-state index contributed by atoms with van der Waals surface area (Å²) in [5, 5.41) is 12.7. The average molecular weight is 455 g/mol. The summed E-state index contributed by atoms with van der Waals surface area (Å²) in [4.78, 5) is 15.4. The van der Waals surface area contributed by atoms with Crippen LogP contribution in [-0.4, -0.2) is 37.6 Å². The number of rotatable bonds is 3. The number of hydrogen-bond acceptors (Lipinski definition) is 6. The van der Waals surface area contributed by atoms with Gasteiger partial charge in [-0.15, -0.1) is 0 Å². The molecule has 2 N–H and O–H groups in total. The van der Waals surface area contributed by atoms with Crippen molar-refractivity contribution in [3.05, 3.63) is 59.1 Å². The predicted octanol–water partition coefficient (Wildman–Crippen LogP) is 4.00. The van der Waals surface area contributed by atoms with Crippen molar-refractivity contribution < 1.29 is 13.2 Å². The van der Waals surface area contributed by atoms with E-state index < -0.39 is 10.0 Å². The number of carbonyl (C=O) groups is 1. The molecule has 1 amide bonds. The molecule has 0 saturated carbocycles. The molecule has 7 nitrogen and oxygen atoms in total. The minimum atomic E-state index is -3.62. The summed E-state index contributed by atoms with van der Waals surface area (Å²) in [6, 6.07) is 14.2. The number of para-hydroxylation sites is 1. The molecule has 0 spiro atoms. The molecule has 3 aliphatic heterocycles. The molecule has 9 heteroatoms. The van der Waals surface area contributed by atoms with Gasteiger partial charge in [0.15, 0.2) is 0 Å². The number of fused-ring (bicyclic) bond motifs is 1. The van der Waals surface area contributed by atoms with Gasteiger partial charge in [0, 0.05) is 23.6 Å². The number of benzene rings is 2. The Labute approximate surface area is 185 Å². The molecule has 0 aliphatic carbocycles. The summed E-state index contributed by atoms with van der Waals surface area (Å²) in [6.07, 6.45) is 2.86. The second kappa shape index (κ2) is 7.81. The van der Waals surface area contributed by atoms with Gasteiger partial charge in [-0.1, -0.05) is 36.4 Å². The molecular weight excluding hydrogens is 432 g/mol. The Morgan fingerprint density at radius 2 is 1.77 bits per heavy atom. The summed E-state index contributed by atoms with van der Waals surface area (Å²) in [5.74, 6) is -0.154. The van der Waals surface area contributed by atoms with Crippen molar-refractivity contribution in [1.82, 2.24) is 4.31 Å². The van der Waals surface area contributed by atoms with Crippen molar-refractivity contribution in [3.63, 3.8) is 0 Å². The molecular formula is C22H22N4O3S2. The molecule has 0 aromatic heterocycles. The highest BCUT2D eigenvalue weighted by Gasteiger charge is 2.36. The second-order valence-electron chi connectivity index (χ2n) is 7.75. The van der Waals surface area contributed by atoms with Crippen LogP contribution in [0.5, 0.6) is 0 Å². The summed E-state index contributed by atoms with van der Waals surface area (Å²) < 4.78 is 27.6. The van der Waals surface area contributed by atoms with Crippen molar-refractivity contribution in [2.24, 2.45) is 0 Å². The van der Waals surface area contributed by atoms with Crippen molar-refractivity contribution in [3.8, 4) is 0 Å². The van der Waals surface area contributed by atoms with Gasteiger partial charge in [0.2, 0.25) is 15.9 Å². The second-order valence-corrected chi connectivity index (χ2v) is 10.7. The zero-order valence-electron chi connectivity index (χ0n) is 16.8. The monoisotopic (exact) mass is 454 g/mol. The Morgan fingerprint density at radius 3 is 2.55 bits per heavy atom. The third kappa shape index (κ3) is 3.56. The van der Waals surface area contributed by atoms with Crippen molar-refractivity contribution in [1.29, 1.82) is 5.41 Å². The molecule has 2 aromatic rings. The van der Waals surface area contributed by atoms with Crippen LogP contribution in [-0.2, 0) is 14.8 Å². The van der Waals surface area contributed by atoms with Crippen LogP contribution in [0.4, 0.5) is 11.4 Å². The van der Waals surface area contributed by atoms with Crippen LogP contribution < -0.4 is 10.2 Å². The Morgan fingerprint density at radius 1 is 1.00 bits per heavy atom. The Hall–Kier alpha value is -2.62. The summed E-state index contributed by atoms with van der Waals surface area (Å²) in [5.41, 5.74) is 1.99. The Bertz CT molecular complexity index is 1190. The largest absolute Gasteiger partial charge is 0.349 e. The zero-order valence-corrected chi connectivity index (χ0v) is 18.4. The fraction of sp³-hybridized carbons (Fsp3) is 0.273. The lowest BCUT2D eigenvalue weighted by Gasteiger charge is -2.26. The number of nitrogens with one attached hydrogen (secondary N) is 2. The molecule has 31 heavy (non-hydrogen) atoms. The van der Waals surface area contributed by atoms with Crippen molar-refractivity contribution >= 4 is 44.9 Å². The van der Waals surface area contributed by atoms with Gasteiger partial charge in [-0.25, -0.2) is 8.42 Å². The molecule has 2 saturated heterocycles. The number of hydrogen-bond donors (Lipinski definition) is 2. The van der Waals surface area contributed by atoms with Crippen LogP contribution in [0.15, 0.2) is 68.9 Å². The van der Waals surface area contributed by atoms with Gasteiger partial charge in [-0.05, 0) is 43.2 Å². The van der Waals surface area contributed by atoms with Crippen LogP contribution in [0.3, 0.4) is 0 Å². The summed E-state index contributed by atoms with van der Waals surface area (Å²) >= 11 is 1.51. The number of carbonyl (C=O) groups excluding carboxylic acids is 1. The lowest BCUT2D eigenvalue weighted by atomic mass is 10.2. The Kier molecular flexibility index (Phi) is 5.11. The SMILES string of the molecule is N=C1/C(=C2/Nc3ccccc3S2)CC(=O)N1c1cccc(S(=O)(=O)N2CCCCC2)c1. The summed E-state index contributed by atoms with van der Waals surface area (Å²) in [7, 11) is -3.62. The number of amidine groups is 1. The van der Waals surface area contributed by atoms with E-state index in [4.69, 9.17) is 5.41 Å². The fourth-order valence-corrected chi connectivity index (χ4v) is 6.73. The smallest absolute Gasteiger partial charge is 0.243 e. The van der Waals surface area contributed by atoms with Crippen LogP contribution in [0.25, 0.3) is 0 Å². The maximum absolute atomic E-state index is 13.1. The number of anilines is 2. The van der Waals surface area contributed by atoms with Gasteiger partial charge in [-0.2, -0.15) is 4.31 Å². The molecule has 3 heterocycles. The third-order valence-corrected chi connectivity index (χ3v) is 8.76. The van der Waals surface area contributed by atoms with Gasteiger partial charge in [0.25, 0.3) is 0 Å². The van der Waals surface area contributed by atoms with Gasteiger partial charge in [0.1, 0.15) is 5.84 Å². The lowest BCUT2D eigenvalue weighted by Crippen LogP contribution is -2.35. The van der Waals surface area contributed by atoms with E-state index in [0.717, 1.165) is 34.9 Å². The number of piperidine rings is 1. The van der Waals surface area contributed by atoms with Gasteiger partial charge in [-0.3, -0.25) is 15.1 Å². The molecule has 2 fully saturated rings. The van der Waals surface area contributed by atoms with Crippen molar-refractivity contribution in [2.45, 2.75) is 35.5 Å². The normalized spacial score (nSPS) is 22.0. The lowest BCUT2D eigenvalue weighted by molar-refractivity contribution is -0.116. The van der Waals surface area contributed by atoms with E-state index in [9.17, 15) is 13.2 Å². The minimum absolute atomic E-state index is 0.0836. The topological polar surface area (TPSA) is 93.6 Å². The standard InChI is InChI=1S/C22H22N4O3S2/c23-21-17(22-24-18-9-2-3-10-19(18)30-22)14-20(27)26(21)15-7-6-8-16(13-15)31(28,29)25-11-4-1-5-12-25/h2-3,6-10,13,23-24H,1,4-5,11-12,14H2/b22-17-,23-21?. The molecule has 0 atom stereocenters. The highest BCUT2D eigenvalue weighted by molar-refractivity contribution is 8.03. The van der Waals surface area contributed by atoms with Gasteiger partial charge in [0.05, 0.1) is 27.7 Å². The quantitative estimate of drug-likeness (QED) is 0.731. The maximum Gasteiger partial charge on any atom is 0.243 e. The fourth-order valence-electron chi connectivity index (χ4n) is 4.13. The summed E-state index contributed by atoms with van der Waals surface area (Å²) in [6.45, 7) is 1.04. The van der Waals surface area contributed by atoms with E-state index in [1.807, 2.05) is 24.3 Å². The molecule has 160 valence electrons. The molecule has 0 bridgehead atoms. The van der Waals surface area contributed by atoms with Gasteiger partial charge < -0.3 is 5.32 Å². The zero-order chi connectivity index (χ0) is 21.6. The van der Waals surface area contributed by atoms with E-state index in [0.29, 0.717) is 24.4 Å².